The lowest BCUT2D eigenvalue weighted by Gasteiger charge is -2.11. The zero-order valence-corrected chi connectivity index (χ0v) is 14.4. The van der Waals surface area contributed by atoms with Gasteiger partial charge < -0.3 is 4.57 Å². The monoisotopic (exact) mass is 340 g/mol. The van der Waals surface area contributed by atoms with Crippen LogP contribution in [0, 0.1) is 19.7 Å². The maximum atomic E-state index is 14.4. The summed E-state index contributed by atoms with van der Waals surface area (Å²) in [6.07, 6.45) is 7.97. The molecule has 6 heteroatoms. The summed E-state index contributed by atoms with van der Waals surface area (Å²) in [6.45, 7) is 4.39. The molecule has 0 unspecified atom stereocenters. The molecule has 2 heterocycles. The fraction of sp³-hybridized carbons (Fsp3) is 0.316. The number of benzene rings is 1. The average Bonchev–Trinajstić information content (AvgIpc) is 3.05. The Kier molecular flexibility index (Phi) is 5.07. The average molecular weight is 340 g/mol. The molecule has 0 fully saturated rings. The van der Waals surface area contributed by atoms with Gasteiger partial charge in [0.05, 0.1) is 12.0 Å². The second-order valence-electron chi connectivity index (χ2n) is 6.15. The highest BCUT2D eigenvalue weighted by Crippen LogP contribution is 2.16. The van der Waals surface area contributed by atoms with Crippen LogP contribution in [0.1, 0.15) is 29.9 Å². The lowest BCUT2D eigenvalue weighted by atomic mass is 10.1. The fourth-order valence-corrected chi connectivity index (χ4v) is 2.96. The Morgan fingerprint density at radius 3 is 2.68 bits per heavy atom. The third-order valence-corrected chi connectivity index (χ3v) is 4.18. The van der Waals surface area contributed by atoms with E-state index in [0.29, 0.717) is 29.2 Å². The van der Waals surface area contributed by atoms with Crippen molar-refractivity contribution in [2.45, 2.75) is 39.7 Å². The number of unbranched alkanes of at least 4 members (excludes halogenated alkanes) is 1. The van der Waals surface area contributed by atoms with Gasteiger partial charge in [-0.3, -0.25) is 9.36 Å². The summed E-state index contributed by atoms with van der Waals surface area (Å²) in [4.78, 5) is 20.5. The van der Waals surface area contributed by atoms with E-state index in [0.717, 1.165) is 19.4 Å². The molecule has 0 aliphatic rings. The van der Waals surface area contributed by atoms with Gasteiger partial charge in [0, 0.05) is 30.7 Å². The van der Waals surface area contributed by atoms with E-state index in [2.05, 4.69) is 9.97 Å². The number of imidazole rings is 1. The molecular weight excluding hydrogens is 319 g/mol. The molecule has 5 nitrogen and oxygen atoms in total. The lowest BCUT2D eigenvalue weighted by molar-refractivity contribution is 0.577. The fourth-order valence-electron chi connectivity index (χ4n) is 2.96. The van der Waals surface area contributed by atoms with Gasteiger partial charge in [-0.1, -0.05) is 6.07 Å². The maximum Gasteiger partial charge on any atom is 0.258 e. The summed E-state index contributed by atoms with van der Waals surface area (Å²) < 4.78 is 17.9. The van der Waals surface area contributed by atoms with E-state index in [1.54, 1.807) is 38.5 Å². The van der Waals surface area contributed by atoms with Crippen molar-refractivity contribution in [3.63, 3.8) is 0 Å². The first-order chi connectivity index (χ1) is 12.0. The van der Waals surface area contributed by atoms with Crippen LogP contribution in [0.3, 0.4) is 0 Å². The third kappa shape index (κ3) is 4.02. The molecule has 130 valence electrons. The molecule has 0 bridgehead atoms. The van der Waals surface area contributed by atoms with Crippen LogP contribution in [-0.4, -0.2) is 19.1 Å². The first kappa shape index (κ1) is 17.1. The van der Waals surface area contributed by atoms with Crippen LogP contribution in [0.25, 0.3) is 5.69 Å². The molecule has 0 saturated heterocycles. The van der Waals surface area contributed by atoms with Gasteiger partial charge in [-0.25, -0.2) is 14.4 Å². The van der Waals surface area contributed by atoms with Crippen molar-refractivity contribution in [3.8, 4) is 5.69 Å². The van der Waals surface area contributed by atoms with Crippen molar-refractivity contribution in [3.05, 3.63) is 76.2 Å². The van der Waals surface area contributed by atoms with Crippen molar-refractivity contribution in [2.75, 3.05) is 0 Å². The molecular formula is C19H21FN4O. The summed E-state index contributed by atoms with van der Waals surface area (Å²) >= 11 is 0. The van der Waals surface area contributed by atoms with E-state index in [9.17, 15) is 9.18 Å². The Morgan fingerprint density at radius 2 is 2.00 bits per heavy atom. The van der Waals surface area contributed by atoms with Gasteiger partial charge >= 0.3 is 0 Å². The second-order valence-corrected chi connectivity index (χ2v) is 6.15. The molecule has 25 heavy (non-hydrogen) atoms. The molecule has 0 atom stereocenters. The van der Waals surface area contributed by atoms with Gasteiger partial charge in [0.1, 0.15) is 11.6 Å². The molecule has 3 aromatic rings. The van der Waals surface area contributed by atoms with Crippen LogP contribution in [0.5, 0.6) is 0 Å². The van der Waals surface area contributed by atoms with E-state index < -0.39 is 0 Å². The maximum absolute atomic E-state index is 14.4. The summed E-state index contributed by atoms with van der Waals surface area (Å²) in [5.41, 5.74) is 1.64. The van der Waals surface area contributed by atoms with Crippen LogP contribution in [0.15, 0.2) is 47.8 Å². The molecule has 0 radical (unpaired) electrons. The van der Waals surface area contributed by atoms with E-state index in [1.807, 2.05) is 10.8 Å². The molecule has 0 N–H and O–H groups in total. The molecule has 0 aliphatic carbocycles. The minimum absolute atomic E-state index is 0.197. The van der Waals surface area contributed by atoms with Gasteiger partial charge in [-0.05, 0) is 50.8 Å². The van der Waals surface area contributed by atoms with E-state index in [1.165, 1.54) is 16.7 Å². The van der Waals surface area contributed by atoms with Gasteiger partial charge in [0.25, 0.3) is 5.56 Å². The van der Waals surface area contributed by atoms with Gasteiger partial charge in [0.15, 0.2) is 0 Å². The zero-order valence-electron chi connectivity index (χ0n) is 14.4. The summed E-state index contributed by atoms with van der Waals surface area (Å²) in [5, 5.41) is 0. The molecule has 0 amide bonds. The van der Waals surface area contributed by atoms with Crippen molar-refractivity contribution in [1.29, 1.82) is 0 Å². The van der Waals surface area contributed by atoms with E-state index in [4.69, 9.17) is 0 Å². The minimum atomic E-state index is -0.285. The lowest BCUT2D eigenvalue weighted by Crippen LogP contribution is -2.22. The predicted octanol–water partition coefficient (Wildman–Crippen LogP) is 3.21. The Hall–Kier alpha value is -2.76. The van der Waals surface area contributed by atoms with Gasteiger partial charge in [-0.2, -0.15) is 0 Å². The first-order valence-electron chi connectivity index (χ1n) is 8.36. The smallest absolute Gasteiger partial charge is 0.258 e. The van der Waals surface area contributed by atoms with Crippen LogP contribution < -0.4 is 5.56 Å². The topological polar surface area (TPSA) is 52.7 Å². The van der Waals surface area contributed by atoms with Crippen molar-refractivity contribution in [1.82, 2.24) is 19.1 Å². The first-order valence-corrected chi connectivity index (χ1v) is 8.36. The number of nitrogens with zero attached hydrogens (tertiary/aromatic N) is 4. The van der Waals surface area contributed by atoms with Crippen molar-refractivity contribution < 1.29 is 4.39 Å². The standard InChI is InChI=1S/C19H21FN4O/c1-14-11-19(25)24(15(2)22-14)17-7-6-16(18(20)12-17)5-3-4-9-23-10-8-21-13-23/h6-8,10-13H,3-5,9H2,1-2H3. The van der Waals surface area contributed by atoms with Crippen LogP contribution in [0.2, 0.25) is 0 Å². The molecule has 1 aromatic carbocycles. The second kappa shape index (κ2) is 7.42. The number of aryl methyl sites for hydroxylation is 4. The Morgan fingerprint density at radius 1 is 1.16 bits per heavy atom. The zero-order chi connectivity index (χ0) is 17.8. The summed E-state index contributed by atoms with van der Waals surface area (Å²) in [5.74, 6) is 0.268. The van der Waals surface area contributed by atoms with Crippen LogP contribution in [-0.2, 0) is 13.0 Å². The largest absolute Gasteiger partial charge is 0.337 e. The molecule has 2 aromatic heterocycles. The molecule has 0 saturated carbocycles. The highest BCUT2D eigenvalue weighted by molar-refractivity contribution is 5.37. The van der Waals surface area contributed by atoms with Crippen LogP contribution in [0.4, 0.5) is 4.39 Å². The SMILES string of the molecule is Cc1cc(=O)n(-c2ccc(CCCCn3ccnc3)c(F)c2)c(C)n1. The highest BCUT2D eigenvalue weighted by Gasteiger charge is 2.09. The van der Waals surface area contributed by atoms with Gasteiger partial charge in [0.2, 0.25) is 0 Å². The Balaban J connectivity index is 1.70. The molecule has 0 spiro atoms. The number of halogens is 1. The normalized spacial score (nSPS) is 11.0. The highest BCUT2D eigenvalue weighted by atomic mass is 19.1. The third-order valence-electron chi connectivity index (χ3n) is 4.18. The van der Waals surface area contributed by atoms with Gasteiger partial charge in [-0.15, -0.1) is 0 Å². The Labute approximate surface area is 145 Å². The van der Waals surface area contributed by atoms with E-state index in [-0.39, 0.29) is 11.4 Å². The van der Waals surface area contributed by atoms with E-state index >= 15 is 0 Å². The van der Waals surface area contributed by atoms with Crippen molar-refractivity contribution in [2.24, 2.45) is 0 Å². The number of aromatic nitrogens is 4. The van der Waals surface area contributed by atoms with Crippen molar-refractivity contribution >= 4 is 0 Å². The molecule has 3 rings (SSSR count). The quantitative estimate of drug-likeness (QED) is 0.648. The summed E-state index contributed by atoms with van der Waals surface area (Å²) in [7, 11) is 0. The molecule has 0 aliphatic heterocycles. The number of hydrogen-bond donors (Lipinski definition) is 0. The Bertz CT molecular complexity index is 916. The predicted molar refractivity (Wildman–Crippen MR) is 94.4 cm³/mol. The summed E-state index contributed by atoms with van der Waals surface area (Å²) in [6, 6.07) is 6.40. The minimum Gasteiger partial charge on any atom is -0.337 e. The van der Waals surface area contributed by atoms with Crippen LogP contribution >= 0.6 is 0 Å². The number of hydrogen-bond acceptors (Lipinski definition) is 3. The number of rotatable bonds is 6.